The van der Waals surface area contributed by atoms with Gasteiger partial charge < -0.3 is 19.9 Å². The van der Waals surface area contributed by atoms with Gasteiger partial charge in [0.15, 0.2) is 0 Å². The SMILES string of the molecule is CCCCCCN(CCO)C(=O)[O-]. The van der Waals surface area contributed by atoms with Gasteiger partial charge >= 0.3 is 0 Å². The second-order valence-corrected chi connectivity index (χ2v) is 3.04. The average molecular weight is 188 g/mol. The topological polar surface area (TPSA) is 63.6 Å². The summed E-state index contributed by atoms with van der Waals surface area (Å²) in [7, 11) is 0. The number of aliphatic hydroxyl groups is 1. The fourth-order valence-corrected chi connectivity index (χ4v) is 1.14. The van der Waals surface area contributed by atoms with Crippen LogP contribution in [0.5, 0.6) is 0 Å². The van der Waals surface area contributed by atoms with E-state index in [4.69, 9.17) is 5.11 Å². The fraction of sp³-hybridized carbons (Fsp3) is 0.889. The Bertz CT molecular complexity index is 139. The molecule has 1 amide bonds. The lowest BCUT2D eigenvalue weighted by Crippen LogP contribution is -2.43. The molecule has 13 heavy (non-hydrogen) atoms. The first-order valence-corrected chi connectivity index (χ1v) is 4.79. The predicted molar refractivity (Wildman–Crippen MR) is 48.2 cm³/mol. The van der Waals surface area contributed by atoms with Crippen LogP contribution < -0.4 is 5.11 Å². The standard InChI is InChI=1S/C9H19NO3/c1-2-3-4-5-6-10(7-8-11)9(12)13/h11H,2-8H2,1H3,(H,12,13)/p-1. The van der Waals surface area contributed by atoms with Crippen LogP contribution >= 0.6 is 0 Å². The van der Waals surface area contributed by atoms with E-state index in [1.54, 1.807) is 0 Å². The largest absolute Gasteiger partial charge is 0.530 e. The summed E-state index contributed by atoms with van der Waals surface area (Å²) in [6.45, 7) is 2.60. The quantitative estimate of drug-likeness (QED) is 0.581. The van der Waals surface area contributed by atoms with Crippen molar-refractivity contribution in [3.63, 3.8) is 0 Å². The molecule has 0 rings (SSSR count). The summed E-state index contributed by atoms with van der Waals surface area (Å²) in [6.07, 6.45) is 2.95. The van der Waals surface area contributed by atoms with E-state index in [0.717, 1.165) is 30.6 Å². The molecule has 0 aromatic carbocycles. The summed E-state index contributed by atoms with van der Waals surface area (Å²) in [5.74, 6) is 0. The van der Waals surface area contributed by atoms with Gasteiger partial charge in [-0.3, -0.25) is 0 Å². The van der Waals surface area contributed by atoms with Gasteiger partial charge in [-0.15, -0.1) is 0 Å². The van der Waals surface area contributed by atoms with Gasteiger partial charge in [-0.05, 0) is 6.42 Å². The molecule has 0 unspecified atom stereocenters. The van der Waals surface area contributed by atoms with Crippen molar-refractivity contribution >= 4 is 6.09 Å². The van der Waals surface area contributed by atoms with Crippen LogP contribution in [-0.4, -0.2) is 35.8 Å². The monoisotopic (exact) mass is 188 g/mol. The molecule has 0 atom stereocenters. The van der Waals surface area contributed by atoms with E-state index in [1.165, 1.54) is 0 Å². The van der Waals surface area contributed by atoms with Crippen molar-refractivity contribution in [1.29, 1.82) is 0 Å². The summed E-state index contributed by atoms with van der Waals surface area (Å²) in [5.41, 5.74) is 0. The molecular weight excluding hydrogens is 170 g/mol. The maximum atomic E-state index is 10.5. The van der Waals surface area contributed by atoms with Gasteiger partial charge in [0.1, 0.15) is 6.09 Å². The lowest BCUT2D eigenvalue weighted by molar-refractivity contribution is -0.266. The molecule has 0 heterocycles. The average Bonchev–Trinajstić information content (AvgIpc) is 2.10. The summed E-state index contributed by atoms with van der Waals surface area (Å²) >= 11 is 0. The number of carbonyl (C=O) groups excluding carboxylic acids is 1. The van der Waals surface area contributed by atoms with E-state index in [9.17, 15) is 9.90 Å². The van der Waals surface area contributed by atoms with Crippen LogP contribution in [0.2, 0.25) is 0 Å². The molecule has 0 aliphatic heterocycles. The molecule has 0 aromatic heterocycles. The molecule has 78 valence electrons. The van der Waals surface area contributed by atoms with Gasteiger partial charge in [-0.25, -0.2) is 0 Å². The lowest BCUT2D eigenvalue weighted by atomic mass is 10.2. The number of hydrogen-bond acceptors (Lipinski definition) is 3. The van der Waals surface area contributed by atoms with E-state index in [1.807, 2.05) is 0 Å². The Morgan fingerprint density at radius 1 is 1.31 bits per heavy atom. The van der Waals surface area contributed by atoms with Crippen LogP contribution in [0.25, 0.3) is 0 Å². The van der Waals surface area contributed by atoms with Crippen molar-refractivity contribution in [1.82, 2.24) is 4.90 Å². The van der Waals surface area contributed by atoms with Crippen LogP contribution in [0.4, 0.5) is 4.79 Å². The molecule has 0 aliphatic carbocycles. The van der Waals surface area contributed by atoms with Crippen LogP contribution in [0.1, 0.15) is 32.6 Å². The number of carboxylic acid groups (broad SMARTS) is 1. The Morgan fingerprint density at radius 3 is 2.46 bits per heavy atom. The third kappa shape index (κ3) is 6.40. The molecule has 0 aliphatic rings. The van der Waals surface area contributed by atoms with Crippen molar-refractivity contribution in [3.8, 4) is 0 Å². The highest BCUT2D eigenvalue weighted by Crippen LogP contribution is 2.00. The van der Waals surface area contributed by atoms with Crippen molar-refractivity contribution in [3.05, 3.63) is 0 Å². The molecule has 1 N–H and O–H groups in total. The number of hydrogen-bond donors (Lipinski definition) is 1. The Morgan fingerprint density at radius 2 is 2.00 bits per heavy atom. The third-order valence-electron chi connectivity index (χ3n) is 1.91. The molecule has 0 radical (unpaired) electrons. The van der Waals surface area contributed by atoms with Crippen molar-refractivity contribution < 1.29 is 15.0 Å². The van der Waals surface area contributed by atoms with E-state index < -0.39 is 6.09 Å². The Kier molecular flexibility index (Phi) is 7.39. The van der Waals surface area contributed by atoms with E-state index >= 15 is 0 Å². The van der Waals surface area contributed by atoms with Gasteiger partial charge in [0.2, 0.25) is 0 Å². The maximum absolute atomic E-state index is 10.5. The molecule has 0 saturated carbocycles. The smallest absolute Gasteiger partial charge is 0.137 e. The Hall–Kier alpha value is -0.770. The van der Waals surface area contributed by atoms with Crippen LogP contribution in [0.3, 0.4) is 0 Å². The minimum Gasteiger partial charge on any atom is -0.530 e. The van der Waals surface area contributed by atoms with Crippen LogP contribution in [-0.2, 0) is 0 Å². The first kappa shape index (κ1) is 12.2. The van der Waals surface area contributed by atoms with E-state index in [0.29, 0.717) is 6.54 Å². The highest BCUT2D eigenvalue weighted by Gasteiger charge is 2.01. The van der Waals surface area contributed by atoms with Gasteiger partial charge in [-0.2, -0.15) is 0 Å². The number of carbonyl (C=O) groups is 1. The molecule has 0 spiro atoms. The molecule has 0 saturated heterocycles. The van der Waals surface area contributed by atoms with Gasteiger partial charge in [-0.1, -0.05) is 26.2 Å². The second kappa shape index (κ2) is 7.86. The van der Waals surface area contributed by atoms with Gasteiger partial charge in [0, 0.05) is 13.1 Å². The van der Waals surface area contributed by atoms with Crippen molar-refractivity contribution in [2.75, 3.05) is 19.7 Å². The number of amides is 1. The Balaban J connectivity index is 3.51. The molecule has 0 bridgehead atoms. The molecule has 0 aromatic rings. The summed E-state index contributed by atoms with van der Waals surface area (Å²) in [4.78, 5) is 11.6. The zero-order chi connectivity index (χ0) is 10.1. The normalized spacial score (nSPS) is 10.0. The number of nitrogens with zero attached hydrogens (tertiary/aromatic N) is 1. The minimum atomic E-state index is -1.19. The van der Waals surface area contributed by atoms with Crippen molar-refractivity contribution in [2.24, 2.45) is 0 Å². The molecule has 4 heteroatoms. The first-order chi connectivity index (χ1) is 6.22. The fourth-order valence-electron chi connectivity index (χ4n) is 1.14. The summed E-state index contributed by atoms with van der Waals surface area (Å²) in [6, 6.07) is 0. The summed E-state index contributed by atoms with van der Waals surface area (Å²) < 4.78 is 0. The zero-order valence-electron chi connectivity index (χ0n) is 8.16. The third-order valence-corrected chi connectivity index (χ3v) is 1.91. The Labute approximate surface area is 79.2 Å². The lowest BCUT2D eigenvalue weighted by Gasteiger charge is -2.23. The van der Waals surface area contributed by atoms with Crippen LogP contribution in [0, 0.1) is 0 Å². The highest BCUT2D eigenvalue weighted by molar-refractivity contribution is 5.62. The second-order valence-electron chi connectivity index (χ2n) is 3.04. The van der Waals surface area contributed by atoms with E-state index in [2.05, 4.69) is 6.92 Å². The number of rotatable bonds is 7. The first-order valence-electron chi connectivity index (χ1n) is 4.79. The predicted octanol–water partition coefficient (Wildman–Crippen LogP) is 0.204. The summed E-state index contributed by atoms with van der Waals surface area (Å²) in [5, 5.41) is 19.0. The highest BCUT2D eigenvalue weighted by atomic mass is 16.4. The number of unbranched alkanes of at least 4 members (excludes halogenated alkanes) is 3. The molecular formula is C9H18NO3-. The minimum absolute atomic E-state index is 0.137. The van der Waals surface area contributed by atoms with Gasteiger partial charge in [0.05, 0.1) is 6.61 Å². The van der Waals surface area contributed by atoms with Crippen LogP contribution in [0.15, 0.2) is 0 Å². The van der Waals surface area contributed by atoms with Crippen molar-refractivity contribution in [2.45, 2.75) is 32.6 Å². The zero-order valence-corrected chi connectivity index (χ0v) is 8.16. The maximum Gasteiger partial charge on any atom is 0.137 e. The molecule has 4 nitrogen and oxygen atoms in total. The number of aliphatic hydroxyl groups excluding tert-OH is 1. The van der Waals surface area contributed by atoms with E-state index in [-0.39, 0.29) is 13.2 Å². The van der Waals surface area contributed by atoms with Gasteiger partial charge in [0.25, 0.3) is 0 Å². The molecule has 0 fully saturated rings.